The summed E-state index contributed by atoms with van der Waals surface area (Å²) < 4.78 is 11.0. The predicted molar refractivity (Wildman–Crippen MR) is 132 cm³/mol. The SMILES string of the molecule is COc1ccc(-c2nc3ccc(-c4nnc(SCC(=O)Nc5ccc(Cl)cc5)o4)cc3[nH]2)cc1. The van der Waals surface area contributed by atoms with Crippen LogP contribution in [-0.4, -0.2) is 38.9 Å². The molecule has 0 bridgehead atoms. The number of carbonyl (C=O) groups is 1. The van der Waals surface area contributed by atoms with Gasteiger partial charge in [0.2, 0.25) is 11.8 Å². The molecule has 0 saturated heterocycles. The number of imidazole rings is 1. The number of nitrogens with zero attached hydrogens (tertiary/aromatic N) is 3. The third kappa shape index (κ3) is 4.90. The molecule has 0 radical (unpaired) electrons. The highest BCUT2D eigenvalue weighted by Crippen LogP contribution is 2.28. The molecule has 0 spiro atoms. The molecule has 3 aromatic carbocycles. The predicted octanol–water partition coefficient (Wildman–Crippen LogP) is 5.67. The Morgan fingerprint density at radius 1 is 1.06 bits per heavy atom. The Hall–Kier alpha value is -3.82. The van der Waals surface area contributed by atoms with Gasteiger partial charge >= 0.3 is 0 Å². The van der Waals surface area contributed by atoms with E-state index in [9.17, 15) is 4.79 Å². The fourth-order valence-corrected chi connectivity index (χ4v) is 3.96. The number of halogens is 1. The van der Waals surface area contributed by atoms with Gasteiger partial charge in [-0.2, -0.15) is 0 Å². The van der Waals surface area contributed by atoms with Crippen molar-refractivity contribution < 1.29 is 13.9 Å². The van der Waals surface area contributed by atoms with Crippen LogP contribution < -0.4 is 10.1 Å². The lowest BCUT2D eigenvalue weighted by Crippen LogP contribution is -2.13. The van der Waals surface area contributed by atoms with E-state index in [1.165, 1.54) is 11.8 Å². The number of anilines is 1. The van der Waals surface area contributed by atoms with Crippen LogP contribution in [0.2, 0.25) is 5.02 Å². The first kappa shape index (κ1) is 22.0. The Kier molecular flexibility index (Phi) is 6.20. The van der Waals surface area contributed by atoms with Gasteiger partial charge < -0.3 is 19.5 Å². The van der Waals surface area contributed by atoms with Crippen molar-refractivity contribution in [2.75, 3.05) is 18.2 Å². The molecular weight excluding hydrogens is 474 g/mol. The number of H-pyrrole nitrogens is 1. The summed E-state index contributed by atoms with van der Waals surface area (Å²) in [5.41, 5.74) is 4.04. The monoisotopic (exact) mass is 491 g/mol. The molecule has 5 rings (SSSR count). The number of methoxy groups -OCH3 is 1. The summed E-state index contributed by atoms with van der Waals surface area (Å²) in [6.07, 6.45) is 0. The number of carbonyl (C=O) groups excluding carboxylic acids is 1. The van der Waals surface area contributed by atoms with Crippen LogP contribution in [0.5, 0.6) is 5.75 Å². The van der Waals surface area contributed by atoms with E-state index in [2.05, 4.69) is 25.5 Å². The van der Waals surface area contributed by atoms with Crippen LogP contribution in [0, 0.1) is 0 Å². The number of hydrogen-bond acceptors (Lipinski definition) is 7. The lowest BCUT2D eigenvalue weighted by molar-refractivity contribution is -0.113. The van der Waals surface area contributed by atoms with Crippen LogP contribution in [0.3, 0.4) is 0 Å². The molecule has 0 aliphatic heterocycles. The summed E-state index contributed by atoms with van der Waals surface area (Å²) in [5, 5.41) is 11.9. The van der Waals surface area contributed by atoms with Crippen molar-refractivity contribution in [1.82, 2.24) is 20.2 Å². The molecule has 0 atom stereocenters. The molecule has 0 aliphatic rings. The van der Waals surface area contributed by atoms with Gasteiger partial charge in [-0.3, -0.25) is 4.79 Å². The Morgan fingerprint density at radius 2 is 1.82 bits per heavy atom. The van der Waals surface area contributed by atoms with Gasteiger partial charge in [0, 0.05) is 21.8 Å². The van der Waals surface area contributed by atoms with Crippen LogP contribution in [-0.2, 0) is 4.79 Å². The fraction of sp³-hybridized carbons (Fsp3) is 0.0833. The largest absolute Gasteiger partial charge is 0.497 e. The van der Waals surface area contributed by atoms with Gasteiger partial charge in [0.05, 0.1) is 23.9 Å². The van der Waals surface area contributed by atoms with Crippen LogP contribution >= 0.6 is 23.4 Å². The topological polar surface area (TPSA) is 106 Å². The lowest BCUT2D eigenvalue weighted by Gasteiger charge is -2.03. The number of nitrogens with one attached hydrogen (secondary N) is 2. The van der Waals surface area contributed by atoms with Gasteiger partial charge in [-0.15, -0.1) is 10.2 Å². The quantitative estimate of drug-likeness (QED) is 0.282. The number of hydrogen-bond donors (Lipinski definition) is 2. The van der Waals surface area contributed by atoms with Gasteiger partial charge in [0.1, 0.15) is 11.6 Å². The summed E-state index contributed by atoms with van der Waals surface area (Å²) in [6, 6.07) is 20.2. The zero-order chi connectivity index (χ0) is 23.5. The summed E-state index contributed by atoms with van der Waals surface area (Å²) in [4.78, 5) is 20.1. The van der Waals surface area contributed by atoms with E-state index < -0.39 is 0 Å². The standard InChI is InChI=1S/C24H18ClN5O3S/c1-32-18-9-2-14(3-10-18)22-27-19-11-4-15(12-20(19)28-22)23-29-30-24(33-23)34-13-21(31)26-17-7-5-16(25)6-8-17/h2-12H,13H2,1H3,(H,26,31)(H,27,28). The molecule has 10 heteroatoms. The first-order chi connectivity index (χ1) is 16.6. The van der Waals surface area contributed by atoms with Crippen LogP contribution in [0.15, 0.2) is 76.4 Å². The minimum Gasteiger partial charge on any atom is -0.497 e. The average molecular weight is 492 g/mol. The molecule has 5 aromatic rings. The third-order valence-corrected chi connectivity index (χ3v) is 6.02. The normalized spacial score (nSPS) is 11.0. The molecule has 170 valence electrons. The molecular formula is C24H18ClN5O3S. The second-order valence-corrected chi connectivity index (χ2v) is 8.63. The van der Waals surface area contributed by atoms with Gasteiger partial charge in [-0.25, -0.2) is 4.98 Å². The van der Waals surface area contributed by atoms with Crippen LogP contribution in [0.25, 0.3) is 33.9 Å². The molecule has 2 heterocycles. The molecule has 1 amide bonds. The van der Waals surface area contributed by atoms with Crippen LogP contribution in [0.4, 0.5) is 5.69 Å². The molecule has 34 heavy (non-hydrogen) atoms. The highest BCUT2D eigenvalue weighted by atomic mass is 35.5. The molecule has 8 nitrogen and oxygen atoms in total. The number of amides is 1. The zero-order valence-corrected chi connectivity index (χ0v) is 19.5. The van der Waals surface area contributed by atoms with E-state index >= 15 is 0 Å². The summed E-state index contributed by atoms with van der Waals surface area (Å²) in [7, 11) is 1.63. The molecule has 0 unspecified atom stereocenters. The maximum absolute atomic E-state index is 12.2. The summed E-state index contributed by atoms with van der Waals surface area (Å²) in [5.74, 6) is 1.85. The van der Waals surface area contributed by atoms with Crippen molar-refractivity contribution in [2.24, 2.45) is 0 Å². The van der Waals surface area contributed by atoms with Crippen molar-refractivity contribution in [1.29, 1.82) is 0 Å². The second kappa shape index (κ2) is 9.58. The van der Waals surface area contributed by atoms with Crippen molar-refractivity contribution in [3.8, 4) is 28.6 Å². The Labute approximate surface area is 203 Å². The van der Waals surface area contributed by atoms with E-state index in [-0.39, 0.29) is 11.7 Å². The van der Waals surface area contributed by atoms with Crippen molar-refractivity contribution in [2.45, 2.75) is 5.22 Å². The van der Waals surface area contributed by atoms with Crippen molar-refractivity contribution in [3.05, 3.63) is 71.8 Å². The Balaban J connectivity index is 1.26. The first-order valence-corrected chi connectivity index (χ1v) is 11.6. The summed E-state index contributed by atoms with van der Waals surface area (Å²) >= 11 is 7.03. The maximum atomic E-state index is 12.2. The minimum atomic E-state index is -0.183. The summed E-state index contributed by atoms with van der Waals surface area (Å²) in [6.45, 7) is 0. The minimum absolute atomic E-state index is 0.134. The number of aromatic amines is 1. The zero-order valence-electron chi connectivity index (χ0n) is 17.9. The number of ether oxygens (including phenoxy) is 1. The number of benzene rings is 3. The van der Waals surface area contributed by atoms with E-state index in [4.69, 9.17) is 20.8 Å². The van der Waals surface area contributed by atoms with E-state index in [0.717, 1.165) is 33.7 Å². The molecule has 0 fully saturated rings. The van der Waals surface area contributed by atoms with E-state index in [1.54, 1.807) is 31.4 Å². The van der Waals surface area contributed by atoms with Crippen LogP contribution in [0.1, 0.15) is 0 Å². The number of aromatic nitrogens is 4. The molecule has 2 aromatic heterocycles. The van der Waals surface area contributed by atoms with Gasteiger partial charge in [0.25, 0.3) is 5.22 Å². The van der Waals surface area contributed by atoms with Gasteiger partial charge in [0.15, 0.2) is 0 Å². The average Bonchev–Trinajstić information content (AvgIpc) is 3.51. The first-order valence-electron chi connectivity index (χ1n) is 10.2. The lowest BCUT2D eigenvalue weighted by atomic mass is 10.2. The number of thioether (sulfide) groups is 1. The number of fused-ring (bicyclic) bond motifs is 1. The highest BCUT2D eigenvalue weighted by Gasteiger charge is 2.13. The van der Waals surface area contributed by atoms with Crippen molar-refractivity contribution >= 4 is 46.0 Å². The third-order valence-electron chi connectivity index (χ3n) is 4.95. The fourth-order valence-electron chi connectivity index (χ4n) is 3.27. The molecule has 0 saturated carbocycles. The van der Waals surface area contributed by atoms with E-state index in [0.29, 0.717) is 21.8 Å². The highest BCUT2D eigenvalue weighted by molar-refractivity contribution is 7.99. The van der Waals surface area contributed by atoms with E-state index in [1.807, 2.05) is 42.5 Å². The van der Waals surface area contributed by atoms with Crippen molar-refractivity contribution in [3.63, 3.8) is 0 Å². The van der Waals surface area contributed by atoms with Gasteiger partial charge in [-0.05, 0) is 66.7 Å². The maximum Gasteiger partial charge on any atom is 0.277 e. The Morgan fingerprint density at radius 3 is 2.59 bits per heavy atom. The Bertz CT molecular complexity index is 1450. The smallest absolute Gasteiger partial charge is 0.277 e. The number of rotatable bonds is 7. The second-order valence-electron chi connectivity index (χ2n) is 7.26. The van der Waals surface area contributed by atoms with Gasteiger partial charge in [-0.1, -0.05) is 23.4 Å². The molecule has 2 N–H and O–H groups in total. The molecule has 0 aliphatic carbocycles.